The number of hydrogen-bond donors (Lipinski definition) is 1. The van der Waals surface area contributed by atoms with Gasteiger partial charge in [-0.15, -0.1) is 0 Å². The summed E-state index contributed by atoms with van der Waals surface area (Å²) in [6.07, 6.45) is 0. The Labute approximate surface area is 144 Å². The zero-order valence-electron chi connectivity index (χ0n) is 13.4. The predicted octanol–water partition coefficient (Wildman–Crippen LogP) is 4.18. The van der Waals surface area contributed by atoms with Gasteiger partial charge in [-0.2, -0.15) is 5.26 Å². The van der Waals surface area contributed by atoms with Gasteiger partial charge in [0.25, 0.3) is 0 Å². The van der Waals surface area contributed by atoms with Crippen LogP contribution in [0, 0.1) is 17.1 Å². The smallest absolute Gasteiger partial charge is 0.203 e. The lowest BCUT2D eigenvalue weighted by atomic mass is 10.1. The van der Waals surface area contributed by atoms with Gasteiger partial charge in [0, 0.05) is 5.69 Å². The Morgan fingerprint density at radius 2 is 1.71 bits per heavy atom. The van der Waals surface area contributed by atoms with Gasteiger partial charge in [-0.25, -0.2) is 4.39 Å². The van der Waals surface area contributed by atoms with Crippen LogP contribution in [0.2, 0.25) is 5.02 Å². The molecule has 2 aromatic rings. The van der Waals surface area contributed by atoms with Gasteiger partial charge in [-0.1, -0.05) is 11.6 Å². The predicted molar refractivity (Wildman–Crippen MR) is 89.5 cm³/mol. The third kappa shape index (κ3) is 3.63. The van der Waals surface area contributed by atoms with Crippen LogP contribution in [0.25, 0.3) is 0 Å². The molecule has 0 bridgehead atoms. The topological polar surface area (TPSA) is 63.5 Å². The molecular weight excluding hydrogens is 335 g/mol. The fraction of sp³-hybridized carbons (Fsp3) is 0.235. The molecule has 0 saturated heterocycles. The summed E-state index contributed by atoms with van der Waals surface area (Å²) in [7, 11) is 4.49. The van der Waals surface area contributed by atoms with Gasteiger partial charge in [-0.05, 0) is 35.9 Å². The number of nitriles is 1. The van der Waals surface area contributed by atoms with Crippen LogP contribution >= 0.6 is 11.6 Å². The molecular formula is C17H16ClFN2O3. The van der Waals surface area contributed by atoms with Crippen LogP contribution in [0.3, 0.4) is 0 Å². The van der Waals surface area contributed by atoms with E-state index in [1.807, 2.05) is 0 Å². The average molecular weight is 351 g/mol. The molecule has 1 atom stereocenters. The van der Waals surface area contributed by atoms with Crippen molar-refractivity contribution < 1.29 is 18.6 Å². The number of hydrogen-bond acceptors (Lipinski definition) is 5. The largest absolute Gasteiger partial charge is 0.493 e. The summed E-state index contributed by atoms with van der Waals surface area (Å²) in [6, 6.07) is 8.92. The van der Waals surface area contributed by atoms with Crippen LogP contribution in [0.1, 0.15) is 11.6 Å². The van der Waals surface area contributed by atoms with Crippen molar-refractivity contribution in [3.63, 3.8) is 0 Å². The highest BCUT2D eigenvalue weighted by Gasteiger charge is 2.19. The van der Waals surface area contributed by atoms with Crippen LogP contribution in [0.4, 0.5) is 10.1 Å². The van der Waals surface area contributed by atoms with E-state index in [9.17, 15) is 9.65 Å². The number of methoxy groups -OCH3 is 3. The van der Waals surface area contributed by atoms with Crippen molar-refractivity contribution in [1.82, 2.24) is 0 Å². The Bertz CT molecular complexity index is 752. The van der Waals surface area contributed by atoms with Crippen LogP contribution in [-0.2, 0) is 0 Å². The molecule has 2 rings (SSSR count). The van der Waals surface area contributed by atoms with Crippen molar-refractivity contribution in [3.05, 3.63) is 46.7 Å². The monoisotopic (exact) mass is 350 g/mol. The summed E-state index contributed by atoms with van der Waals surface area (Å²) in [5.41, 5.74) is 1.12. The second kappa shape index (κ2) is 7.75. The second-order valence-corrected chi connectivity index (χ2v) is 5.20. The molecule has 24 heavy (non-hydrogen) atoms. The second-order valence-electron chi connectivity index (χ2n) is 4.79. The van der Waals surface area contributed by atoms with Crippen molar-refractivity contribution in [2.24, 2.45) is 0 Å². The first-order valence-corrected chi connectivity index (χ1v) is 7.33. The lowest BCUT2D eigenvalue weighted by Gasteiger charge is -2.18. The summed E-state index contributed by atoms with van der Waals surface area (Å²) in [4.78, 5) is 0. The van der Waals surface area contributed by atoms with Gasteiger partial charge >= 0.3 is 0 Å². The fourth-order valence-electron chi connectivity index (χ4n) is 2.21. The summed E-state index contributed by atoms with van der Waals surface area (Å²) < 4.78 is 29.1. The van der Waals surface area contributed by atoms with Gasteiger partial charge in [0.15, 0.2) is 11.5 Å². The minimum atomic E-state index is -0.722. The molecule has 126 valence electrons. The summed E-state index contributed by atoms with van der Waals surface area (Å²) >= 11 is 5.77. The molecule has 0 radical (unpaired) electrons. The van der Waals surface area contributed by atoms with Crippen LogP contribution in [0.15, 0.2) is 30.3 Å². The Morgan fingerprint density at radius 1 is 1.08 bits per heavy atom. The van der Waals surface area contributed by atoms with Gasteiger partial charge in [-0.3, -0.25) is 0 Å². The Hall–Kier alpha value is -2.65. The maximum absolute atomic E-state index is 13.3. The molecule has 5 nitrogen and oxygen atoms in total. The number of nitrogens with zero attached hydrogens (tertiary/aromatic N) is 1. The zero-order chi connectivity index (χ0) is 17.7. The molecule has 2 aromatic carbocycles. The zero-order valence-corrected chi connectivity index (χ0v) is 14.1. The van der Waals surface area contributed by atoms with E-state index in [1.54, 1.807) is 12.1 Å². The van der Waals surface area contributed by atoms with Crippen LogP contribution < -0.4 is 19.5 Å². The molecule has 0 aliphatic heterocycles. The highest BCUT2D eigenvalue weighted by Crippen LogP contribution is 2.40. The van der Waals surface area contributed by atoms with E-state index in [0.29, 0.717) is 28.5 Å². The molecule has 7 heteroatoms. The maximum atomic E-state index is 13.3. The number of rotatable bonds is 6. The van der Waals surface area contributed by atoms with E-state index in [2.05, 4.69) is 11.4 Å². The molecule has 0 fully saturated rings. The number of halogens is 2. The van der Waals surface area contributed by atoms with Crippen molar-refractivity contribution >= 4 is 17.3 Å². The van der Waals surface area contributed by atoms with Crippen molar-refractivity contribution in [3.8, 4) is 23.3 Å². The first-order valence-electron chi connectivity index (χ1n) is 6.95. The van der Waals surface area contributed by atoms with E-state index in [4.69, 9.17) is 25.8 Å². The van der Waals surface area contributed by atoms with E-state index >= 15 is 0 Å². The number of nitrogens with one attached hydrogen (secondary N) is 1. The van der Waals surface area contributed by atoms with Crippen molar-refractivity contribution in [2.45, 2.75) is 6.04 Å². The molecule has 0 heterocycles. The van der Waals surface area contributed by atoms with Gasteiger partial charge in [0.2, 0.25) is 5.75 Å². The van der Waals surface area contributed by atoms with Gasteiger partial charge in [0.05, 0.1) is 32.4 Å². The quantitative estimate of drug-likeness (QED) is 0.846. The number of anilines is 1. The molecule has 0 aromatic heterocycles. The highest BCUT2D eigenvalue weighted by molar-refractivity contribution is 6.31. The maximum Gasteiger partial charge on any atom is 0.203 e. The lowest BCUT2D eigenvalue weighted by molar-refractivity contribution is 0.323. The lowest BCUT2D eigenvalue weighted by Crippen LogP contribution is -2.09. The molecule has 0 amide bonds. The van der Waals surface area contributed by atoms with Crippen LogP contribution in [-0.4, -0.2) is 21.3 Å². The van der Waals surface area contributed by atoms with Gasteiger partial charge < -0.3 is 19.5 Å². The SMILES string of the molecule is COc1cc(C(C#N)Nc2ccc(F)c(Cl)c2)cc(OC)c1OC. The van der Waals surface area contributed by atoms with E-state index < -0.39 is 11.9 Å². The number of ether oxygens (including phenoxy) is 3. The molecule has 0 aliphatic rings. The third-order valence-corrected chi connectivity index (χ3v) is 3.67. The first-order chi connectivity index (χ1) is 11.5. The molecule has 1 N–H and O–H groups in total. The van der Waals surface area contributed by atoms with E-state index in [-0.39, 0.29) is 5.02 Å². The Balaban J connectivity index is 2.40. The average Bonchev–Trinajstić information content (AvgIpc) is 2.61. The van der Waals surface area contributed by atoms with Crippen molar-refractivity contribution in [1.29, 1.82) is 5.26 Å². The Kier molecular flexibility index (Phi) is 5.72. The first kappa shape index (κ1) is 17.7. The minimum absolute atomic E-state index is 0.0263. The van der Waals surface area contributed by atoms with Gasteiger partial charge in [0.1, 0.15) is 11.9 Å². The normalized spacial score (nSPS) is 11.3. The van der Waals surface area contributed by atoms with E-state index in [0.717, 1.165) is 0 Å². The summed E-state index contributed by atoms with van der Waals surface area (Å²) in [6.45, 7) is 0. The summed E-state index contributed by atoms with van der Waals surface area (Å²) in [5, 5.41) is 12.4. The molecule has 0 aliphatic carbocycles. The van der Waals surface area contributed by atoms with E-state index in [1.165, 1.54) is 39.5 Å². The molecule has 0 spiro atoms. The Morgan fingerprint density at radius 3 is 2.17 bits per heavy atom. The third-order valence-electron chi connectivity index (χ3n) is 3.38. The van der Waals surface area contributed by atoms with Crippen LogP contribution in [0.5, 0.6) is 17.2 Å². The standard InChI is InChI=1S/C17H16ClFN2O3/c1-22-15-6-10(7-16(23-2)17(15)24-3)14(9-20)21-11-4-5-13(19)12(18)8-11/h4-8,14,21H,1-3H3. The number of benzene rings is 2. The van der Waals surface area contributed by atoms with Crippen molar-refractivity contribution in [2.75, 3.05) is 26.6 Å². The highest BCUT2D eigenvalue weighted by atomic mass is 35.5. The fourth-order valence-corrected chi connectivity index (χ4v) is 2.39. The minimum Gasteiger partial charge on any atom is -0.493 e. The molecule has 1 unspecified atom stereocenters. The summed E-state index contributed by atoms with van der Waals surface area (Å²) in [5.74, 6) is 0.783. The molecule has 0 saturated carbocycles.